The maximum atomic E-state index is 10.3. The van der Waals surface area contributed by atoms with Crippen molar-refractivity contribution in [3.8, 4) is 0 Å². The molecule has 0 aliphatic rings. The van der Waals surface area contributed by atoms with Gasteiger partial charge in [0.25, 0.3) is 0 Å². The van der Waals surface area contributed by atoms with Gasteiger partial charge in [0.05, 0.1) is 11.6 Å². The van der Waals surface area contributed by atoms with Crippen LogP contribution >= 0.6 is 11.6 Å². The molecule has 2 rings (SSSR count). The van der Waals surface area contributed by atoms with Gasteiger partial charge in [0.1, 0.15) is 0 Å². The number of aromatic nitrogens is 3. The van der Waals surface area contributed by atoms with E-state index in [4.69, 9.17) is 16.7 Å². The lowest BCUT2D eigenvalue weighted by atomic mass is 10.4. The summed E-state index contributed by atoms with van der Waals surface area (Å²) < 4.78 is 1.64. The van der Waals surface area contributed by atoms with Gasteiger partial charge in [-0.2, -0.15) is 0 Å². The molecule has 0 spiro atoms. The monoisotopic (exact) mass is 226 g/mol. The van der Waals surface area contributed by atoms with E-state index in [9.17, 15) is 4.79 Å². The zero-order chi connectivity index (χ0) is 10.8. The van der Waals surface area contributed by atoms with Gasteiger partial charge in [-0.3, -0.25) is 4.40 Å². The maximum absolute atomic E-state index is 10.3. The number of amides is 1. The van der Waals surface area contributed by atoms with Gasteiger partial charge in [0, 0.05) is 6.20 Å². The van der Waals surface area contributed by atoms with E-state index in [1.165, 1.54) is 0 Å². The minimum atomic E-state index is -1.10. The fourth-order valence-corrected chi connectivity index (χ4v) is 1.35. The number of nitrogens with one attached hydrogen (secondary N) is 1. The summed E-state index contributed by atoms with van der Waals surface area (Å²) in [5.74, 6) is 0.495. The molecule has 15 heavy (non-hydrogen) atoms. The molecule has 0 bridgehead atoms. The number of hydrogen-bond acceptors (Lipinski definition) is 3. The standard InChI is InChI=1S/C8H7ClN4O2/c9-5-1-2-6-11-12-7(13(6)4-5)3-10-8(14)15/h1-2,4,10H,3H2,(H,14,15). The van der Waals surface area contributed by atoms with E-state index in [-0.39, 0.29) is 6.54 Å². The molecule has 0 atom stereocenters. The predicted octanol–water partition coefficient (Wildman–Crippen LogP) is 1.15. The highest BCUT2D eigenvalue weighted by Crippen LogP contribution is 2.10. The van der Waals surface area contributed by atoms with E-state index >= 15 is 0 Å². The van der Waals surface area contributed by atoms with Crippen molar-refractivity contribution in [3.05, 3.63) is 29.2 Å². The number of rotatable bonds is 2. The second-order valence-corrected chi connectivity index (χ2v) is 3.29. The second kappa shape index (κ2) is 3.74. The van der Waals surface area contributed by atoms with Crippen LogP contribution in [0.3, 0.4) is 0 Å². The molecule has 0 fully saturated rings. The summed E-state index contributed by atoms with van der Waals surface area (Å²) in [7, 11) is 0. The molecule has 78 valence electrons. The molecule has 0 aliphatic carbocycles. The van der Waals surface area contributed by atoms with Gasteiger partial charge in [0.2, 0.25) is 0 Å². The molecule has 2 heterocycles. The van der Waals surface area contributed by atoms with Crippen LogP contribution in [-0.4, -0.2) is 25.8 Å². The lowest BCUT2D eigenvalue weighted by Gasteiger charge is -1.99. The third-order valence-electron chi connectivity index (χ3n) is 1.83. The van der Waals surface area contributed by atoms with E-state index in [1.807, 2.05) is 0 Å². The molecular formula is C8H7ClN4O2. The number of nitrogens with zero attached hydrogens (tertiary/aromatic N) is 3. The Bertz CT molecular complexity index is 510. The summed E-state index contributed by atoms with van der Waals surface area (Å²) in [4.78, 5) is 10.3. The third kappa shape index (κ3) is 1.99. The Kier molecular flexibility index (Phi) is 2.42. The van der Waals surface area contributed by atoms with Crippen LogP contribution in [0.15, 0.2) is 18.3 Å². The molecular weight excluding hydrogens is 220 g/mol. The molecule has 2 aromatic heterocycles. The summed E-state index contributed by atoms with van der Waals surface area (Å²) >= 11 is 5.80. The van der Waals surface area contributed by atoms with Crippen molar-refractivity contribution in [3.63, 3.8) is 0 Å². The van der Waals surface area contributed by atoms with E-state index < -0.39 is 6.09 Å². The van der Waals surface area contributed by atoms with Gasteiger partial charge in [-0.1, -0.05) is 11.6 Å². The number of hydrogen-bond donors (Lipinski definition) is 2. The van der Waals surface area contributed by atoms with Crippen molar-refractivity contribution in [1.29, 1.82) is 0 Å². The van der Waals surface area contributed by atoms with Crippen LogP contribution in [0.2, 0.25) is 5.02 Å². The molecule has 6 nitrogen and oxygen atoms in total. The Morgan fingerprint density at radius 3 is 3.07 bits per heavy atom. The molecule has 0 radical (unpaired) electrons. The largest absolute Gasteiger partial charge is 0.465 e. The number of halogens is 1. The summed E-state index contributed by atoms with van der Waals surface area (Å²) in [5, 5.41) is 18.9. The number of carbonyl (C=O) groups is 1. The van der Waals surface area contributed by atoms with Gasteiger partial charge in [-0.05, 0) is 12.1 Å². The van der Waals surface area contributed by atoms with E-state index in [1.54, 1.807) is 22.7 Å². The summed E-state index contributed by atoms with van der Waals surface area (Å²) in [6, 6.07) is 3.40. The topological polar surface area (TPSA) is 79.5 Å². The van der Waals surface area contributed by atoms with Gasteiger partial charge in [-0.25, -0.2) is 4.79 Å². The predicted molar refractivity (Wildman–Crippen MR) is 52.9 cm³/mol. The average molecular weight is 227 g/mol. The van der Waals surface area contributed by atoms with Gasteiger partial charge >= 0.3 is 6.09 Å². The third-order valence-corrected chi connectivity index (χ3v) is 2.06. The smallest absolute Gasteiger partial charge is 0.405 e. The van der Waals surface area contributed by atoms with Crippen molar-refractivity contribution in [2.45, 2.75) is 6.54 Å². The van der Waals surface area contributed by atoms with Gasteiger partial charge in [0.15, 0.2) is 11.5 Å². The quantitative estimate of drug-likeness (QED) is 0.805. The Balaban J connectivity index is 2.35. The van der Waals surface area contributed by atoms with Crippen LogP contribution in [0.5, 0.6) is 0 Å². The number of pyridine rings is 1. The minimum Gasteiger partial charge on any atom is -0.465 e. The van der Waals surface area contributed by atoms with Crippen LogP contribution in [-0.2, 0) is 6.54 Å². The van der Waals surface area contributed by atoms with Crippen molar-refractivity contribution >= 4 is 23.3 Å². The van der Waals surface area contributed by atoms with Crippen LogP contribution in [0, 0.1) is 0 Å². The summed E-state index contributed by atoms with van der Waals surface area (Å²) in [6.07, 6.45) is 0.532. The number of carboxylic acid groups (broad SMARTS) is 1. The first kappa shape index (κ1) is 9.72. The average Bonchev–Trinajstić information content (AvgIpc) is 2.57. The first-order valence-electron chi connectivity index (χ1n) is 4.13. The highest BCUT2D eigenvalue weighted by Gasteiger charge is 2.06. The molecule has 2 aromatic rings. The molecule has 7 heteroatoms. The molecule has 0 saturated heterocycles. The van der Waals surface area contributed by atoms with Crippen molar-refractivity contribution in [2.75, 3.05) is 0 Å². The van der Waals surface area contributed by atoms with Gasteiger partial charge < -0.3 is 10.4 Å². The molecule has 0 saturated carbocycles. The molecule has 0 aromatic carbocycles. The Labute approximate surface area is 89.5 Å². The molecule has 0 aliphatic heterocycles. The number of fused-ring (bicyclic) bond motifs is 1. The van der Waals surface area contributed by atoms with Crippen molar-refractivity contribution in [1.82, 2.24) is 19.9 Å². The van der Waals surface area contributed by atoms with Crippen LogP contribution in [0.1, 0.15) is 5.82 Å². The van der Waals surface area contributed by atoms with E-state index in [0.29, 0.717) is 16.5 Å². The Morgan fingerprint density at radius 2 is 2.33 bits per heavy atom. The Morgan fingerprint density at radius 1 is 1.53 bits per heavy atom. The van der Waals surface area contributed by atoms with Crippen molar-refractivity contribution in [2.24, 2.45) is 0 Å². The molecule has 0 unspecified atom stereocenters. The van der Waals surface area contributed by atoms with E-state index in [2.05, 4.69) is 15.5 Å². The van der Waals surface area contributed by atoms with Crippen molar-refractivity contribution < 1.29 is 9.90 Å². The highest BCUT2D eigenvalue weighted by molar-refractivity contribution is 6.30. The SMILES string of the molecule is O=C(O)NCc1nnc2ccc(Cl)cn12. The zero-order valence-electron chi connectivity index (χ0n) is 7.51. The zero-order valence-corrected chi connectivity index (χ0v) is 8.27. The fraction of sp³-hybridized carbons (Fsp3) is 0.125. The second-order valence-electron chi connectivity index (χ2n) is 2.85. The first-order valence-corrected chi connectivity index (χ1v) is 4.50. The fourth-order valence-electron chi connectivity index (χ4n) is 1.19. The minimum absolute atomic E-state index is 0.0941. The molecule has 1 amide bonds. The highest BCUT2D eigenvalue weighted by atomic mass is 35.5. The lowest BCUT2D eigenvalue weighted by Crippen LogP contribution is -2.21. The Hall–Kier alpha value is -1.82. The lowest BCUT2D eigenvalue weighted by molar-refractivity contribution is 0.193. The van der Waals surface area contributed by atoms with Crippen LogP contribution in [0.4, 0.5) is 4.79 Å². The summed E-state index contributed by atoms with van der Waals surface area (Å²) in [6.45, 7) is 0.0941. The van der Waals surface area contributed by atoms with Crippen LogP contribution in [0.25, 0.3) is 5.65 Å². The van der Waals surface area contributed by atoms with Crippen LogP contribution < -0.4 is 5.32 Å². The maximum Gasteiger partial charge on any atom is 0.405 e. The summed E-state index contributed by atoms with van der Waals surface area (Å²) in [5.41, 5.74) is 0.626. The molecule has 2 N–H and O–H groups in total. The first-order chi connectivity index (χ1) is 7.16. The van der Waals surface area contributed by atoms with Gasteiger partial charge in [-0.15, -0.1) is 10.2 Å². The van der Waals surface area contributed by atoms with E-state index in [0.717, 1.165) is 0 Å². The normalized spacial score (nSPS) is 10.5.